The molecule has 1 fully saturated rings. The van der Waals surface area contributed by atoms with Gasteiger partial charge in [-0.3, -0.25) is 4.79 Å². The first kappa shape index (κ1) is 12.7. The van der Waals surface area contributed by atoms with Crippen LogP contribution in [0.2, 0.25) is 0 Å². The van der Waals surface area contributed by atoms with Crippen LogP contribution in [-0.4, -0.2) is 39.5 Å². The number of amides is 1. The Morgan fingerprint density at radius 1 is 1.35 bits per heavy atom. The number of para-hydroxylation sites is 1. The molecule has 0 unspecified atom stereocenters. The lowest BCUT2D eigenvalue weighted by atomic mass is 10.1. The smallest absolute Gasteiger partial charge is 0.326 e. The number of nitrogens with one attached hydrogen (secondary N) is 1. The highest BCUT2D eigenvalue weighted by Crippen LogP contribution is 2.22. The van der Waals surface area contributed by atoms with E-state index in [1.54, 1.807) is 0 Å². The predicted octanol–water partition coefficient (Wildman–Crippen LogP) is 1.79. The monoisotopic (exact) mass is 272 g/mol. The van der Waals surface area contributed by atoms with E-state index in [0.717, 1.165) is 22.9 Å². The molecule has 1 aromatic carbocycles. The van der Waals surface area contributed by atoms with Crippen molar-refractivity contribution in [3.05, 3.63) is 36.0 Å². The van der Waals surface area contributed by atoms with Gasteiger partial charge in [0, 0.05) is 23.6 Å². The fourth-order valence-electron chi connectivity index (χ4n) is 2.86. The summed E-state index contributed by atoms with van der Waals surface area (Å²) in [5.74, 6) is -1.02. The van der Waals surface area contributed by atoms with Crippen molar-refractivity contribution in [1.29, 1.82) is 0 Å². The van der Waals surface area contributed by atoms with E-state index in [2.05, 4.69) is 4.98 Å². The van der Waals surface area contributed by atoms with E-state index in [1.807, 2.05) is 30.5 Å². The molecule has 1 atom stereocenters. The molecule has 1 saturated heterocycles. The average molecular weight is 272 g/mol. The van der Waals surface area contributed by atoms with E-state index in [4.69, 9.17) is 5.11 Å². The van der Waals surface area contributed by atoms with Gasteiger partial charge in [0.05, 0.1) is 6.42 Å². The van der Waals surface area contributed by atoms with Gasteiger partial charge in [0.15, 0.2) is 0 Å². The van der Waals surface area contributed by atoms with Crippen LogP contribution >= 0.6 is 0 Å². The summed E-state index contributed by atoms with van der Waals surface area (Å²) in [5.41, 5.74) is 1.91. The topological polar surface area (TPSA) is 73.4 Å². The summed E-state index contributed by atoms with van der Waals surface area (Å²) in [6, 6.07) is 7.13. The molecule has 0 spiro atoms. The van der Waals surface area contributed by atoms with Crippen molar-refractivity contribution >= 4 is 22.8 Å². The average Bonchev–Trinajstić information content (AvgIpc) is 3.06. The van der Waals surface area contributed by atoms with Gasteiger partial charge in [0.2, 0.25) is 5.91 Å². The third kappa shape index (κ3) is 2.15. The third-order valence-electron chi connectivity index (χ3n) is 3.87. The lowest BCUT2D eigenvalue weighted by Crippen LogP contribution is -2.41. The summed E-state index contributed by atoms with van der Waals surface area (Å²) in [6.45, 7) is 0.540. The first-order chi connectivity index (χ1) is 9.66. The summed E-state index contributed by atoms with van der Waals surface area (Å²) in [6.07, 6.45) is 3.38. The zero-order chi connectivity index (χ0) is 14.1. The van der Waals surface area contributed by atoms with E-state index in [9.17, 15) is 9.59 Å². The van der Waals surface area contributed by atoms with Gasteiger partial charge in [-0.2, -0.15) is 0 Å². The van der Waals surface area contributed by atoms with Crippen LogP contribution in [0.15, 0.2) is 30.5 Å². The van der Waals surface area contributed by atoms with Gasteiger partial charge >= 0.3 is 5.97 Å². The summed E-state index contributed by atoms with van der Waals surface area (Å²) in [4.78, 5) is 28.1. The Balaban J connectivity index is 1.80. The fraction of sp³-hybridized carbons (Fsp3) is 0.333. The van der Waals surface area contributed by atoms with Crippen LogP contribution in [0.4, 0.5) is 0 Å². The number of H-pyrrole nitrogens is 1. The minimum absolute atomic E-state index is 0.111. The second-order valence-corrected chi connectivity index (χ2v) is 5.12. The standard InChI is InChI=1S/C15H16N2O3/c18-14(17-7-3-6-13(17)15(19)20)8-10-9-16-12-5-2-1-4-11(10)12/h1-2,4-5,9,13,16H,3,6-8H2,(H,19,20)/t13-/m0/s1. The zero-order valence-corrected chi connectivity index (χ0v) is 11.0. The molecule has 0 bridgehead atoms. The van der Waals surface area contributed by atoms with Crippen LogP contribution in [0.5, 0.6) is 0 Å². The molecular formula is C15H16N2O3. The number of benzene rings is 1. The molecule has 1 aliphatic rings. The Bertz CT molecular complexity index is 662. The molecule has 0 aliphatic carbocycles. The van der Waals surface area contributed by atoms with Crippen LogP contribution in [0, 0.1) is 0 Å². The highest BCUT2D eigenvalue weighted by molar-refractivity contribution is 5.90. The number of carbonyl (C=O) groups is 2. The number of carbonyl (C=O) groups excluding carboxylic acids is 1. The molecule has 5 nitrogen and oxygen atoms in total. The Kier molecular flexibility index (Phi) is 3.18. The normalized spacial score (nSPS) is 18.6. The number of fused-ring (bicyclic) bond motifs is 1. The summed E-state index contributed by atoms with van der Waals surface area (Å²) >= 11 is 0. The Hall–Kier alpha value is -2.30. The van der Waals surface area contributed by atoms with E-state index < -0.39 is 12.0 Å². The second kappa shape index (κ2) is 5.00. The number of likely N-dealkylation sites (tertiary alicyclic amines) is 1. The van der Waals surface area contributed by atoms with Crippen LogP contribution in [-0.2, 0) is 16.0 Å². The highest BCUT2D eigenvalue weighted by Gasteiger charge is 2.33. The fourth-order valence-corrected chi connectivity index (χ4v) is 2.86. The minimum Gasteiger partial charge on any atom is -0.480 e. The molecule has 2 aromatic rings. The van der Waals surface area contributed by atoms with Gasteiger partial charge in [-0.15, -0.1) is 0 Å². The van der Waals surface area contributed by atoms with Crippen molar-refractivity contribution in [1.82, 2.24) is 9.88 Å². The quantitative estimate of drug-likeness (QED) is 0.894. The molecule has 0 radical (unpaired) electrons. The number of rotatable bonds is 3. The third-order valence-corrected chi connectivity index (χ3v) is 3.87. The highest BCUT2D eigenvalue weighted by atomic mass is 16.4. The molecule has 2 heterocycles. The Morgan fingerprint density at radius 3 is 2.95 bits per heavy atom. The number of hydrogen-bond donors (Lipinski definition) is 2. The van der Waals surface area contributed by atoms with Crippen LogP contribution in [0.3, 0.4) is 0 Å². The van der Waals surface area contributed by atoms with Gasteiger partial charge in [0.25, 0.3) is 0 Å². The lowest BCUT2D eigenvalue weighted by Gasteiger charge is -2.21. The number of carboxylic acid groups (broad SMARTS) is 1. The van der Waals surface area contributed by atoms with Crippen molar-refractivity contribution in [3.63, 3.8) is 0 Å². The molecule has 1 amide bonds. The van der Waals surface area contributed by atoms with E-state index in [-0.39, 0.29) is 12.3 Å². The van der Waals surface area contributed by atoms with Gasteiger partial charge in [0.1, 0.15) is 6.04 Å². The lowest BCUT2D eigenvalue weighted by molar-refractivity contribution is -0.147. The van der Waals surface area contributed by atoms with Crippen LogP contribution in [0.1, 0.15) is 18.4 Å². The molecule has 104 valence electrons. The van der Waals surface area contributed by atoms with Gasteiger partial charge < -0.3 is 15.0 Å². The van der Waals surface area contributed by atoms with Crippen LogP contribution in [0.25, 0.3) is 10.9 Å². The Morgan fingerprint density at radius 2 is 2.15 bits per heavy atom. The molecule has 20 heavy (non-hydrogen) atoms. The van der Waals surface area contributed by atoms with Crippen molar-refractivity contribution in [2.75, 3.05) is 6.54 Å². The summed E-state index contributed by atoms with van der Waals surface area (Å²) < 4.78 is 0. The van der Waals surface area contributed by atoms with Crippen molar-refractivity contribution in [3.8, 4) is 0 Å². The van der Waals surface area contributed by atoms with Crippen molar-refractivity contribution < 1.29 is 14.7 Å². The van der Waals surface area contributed by atoms with E-state index in [1.165, 1.54) is 4.90 Å². The number of nitrogens with zero attached hydrogens (tertiary/aromatic N) is 1. The molecule has 5 heteroatoms. The number of aromatic amines is 1. The maximum absolute atomic E-state index is 12.3. The first-order valence-corrected chi connectivity index (χ1v) is 6.74. The van der Waals surface area contributed by atoms with E-state index >= 15 is 0 Å². The summed E-state index contributed by atoms with van der Waals surface area (Å²) in [7, 11) is 0. The molecular weight excluding hydrogens is 256 g/mol. The van der Waals surface area contributed by atoms with Crippen molar-refractivity contribution in [2.24, 2.45) is 0 Å². The number of hydrogen-bond acceptors (Lipinski definition) is 2. The number of aromatic nitrogens is 1. The number of aliphatic carboxylic acids is 1. The van der Waals surface area contributed by atoms with Gasteiger partial charge in [-0.05, 0) is 24.5 Å². The number of carboxylic acids is 1. The predicted molar refractivity (Wildman–Crippen MR) is 74.4 cm³/mol. The summed E-state index contributed by atoms with van der Waals surface area (Å²) in [5, 5.41) is 10.2. The molecule has 0 saturated carbocycles. The minimum atomic E-state index is -0.908. The zero-order valence-electron chi connectivity index (χ0n) is 11.0. The van der Waals surface area contributed by atoms with Gasteiger partial charge in [-0.1, -0.05) is 18.2 Å². The van der Waals surface area contributed by atoms with Crippen LogP contribution < -0.4 is 0 Å². The van der Waals surface area contributed by atoms with Gasteiger partial charge in [-0.25, -0.2) is 4.79 Å². The largest absolute Gasteiger partial charge is 0.480 e. The second-order valence-electron chi connectivity index (χ2n) is 5.12. The molecule has 2 N–H and O–H groups in total. The maximum atomic E-state index is 12.3. The van der Waals surface area contributed by atoms with Crippen molar-refractivity contribution in [2.45, 2.75) is 25.3 Å². The molecule has 1 aliphatic heterocycles. The maximum Gasteiger partial charge on any atom is 0.326 e. The Labute approximate surface area is 116 Å². The van der Waals surface area contributed by atoms with E-state index in [0.29, 0.717) is 13.0 Å². The SMILES string of the molecule is O=C(O)[C@@H]1CCCN1C(=O)Cc1c[nH]c2ccccc12. The molecule has 1 aromatic heterocycles. The first-order valence-electron chi connectivity index (χ1n) is 6.74. The molecule has 3 rings (SSSR count).